The molecule has 0 aromatic heterocycles. The SMILES string of the molecule is C=Cc1ccc(Oc2ccc(C3(c4ccccc4)c4ccccc4-c4ccc(N(c5ccc(-c6ccc(N(c7cccc(F)c7)c7ccc8c(c7)C(c7ccccc7)(c7ccc(Oc9ccc(C=C)cc9)cc7)c7ccccc7-8)cc6)cc5)c5cccc(F)c5)cc43)cc2)cc1. The van der Waals surface area contributed by atoms with Crippen LogP contribution in [0.15, 0.2) is 353 Å². The summed E-state index contributed by atoms with van der Waals surface area (Å²) in [5, 5.41) is 0. The topological polar surface area (TPSA) is 24.9 Å². The van der Waals surface area contributed by atoms with Crippen molar-refractivity contribution in [1.82, 2.24) is 0 Å². The van der Waals surface area contributed by atoms with Gasteiger partial charge in [0.25, 0.3) is 0 Å². The number of hydrogen-bond acceptors (Lipinski definition) is 4. The Hall–Kier alpha value is -12.4. The van der Waals surface area contributed by atoms with E-state index in [0.717, 1.165) is 124 Å². The molecule has 458 valence electrons. The third-order valence-electron chi connectivity index (χ3n) is 19.0. The van der Waals surface area contributed by atoms with Gasteiger partial charge < -0.3 is 19.3 Å². The maximum atomic E-state index is 15.6. The lowest BCUT2D eigenvalue weighted by atomic mass is 9.67. The fraction of sp³-hybridized carbons (Fsp3) is 0.0222. The third-order valence-corrected chi connectivity index (χ3v) is 19.0. The third kappa shape index (κ3) is 10.2. The van der Waals surface area contributed by atoms with Gasteiger partial charge >= 0.3 is 0 Å². The molecule has 0 radical (unpaired) electrons. The van der Waals surface area contributed by atoms with Crippen LogP contribution in [0.25, 0.3) is 45.5 Å². The molecule has 0 fully saturated rings. The first-order chi connectivity index (χ1) is 47.3. The normalized spacial score (nSPS) is 14.7. The second-order valence-electron chi connectivity index (χ2n) is 24.3. The summed E-state index contributed by atoms with van der Waals surface area (Å²) < 4.78 is 44.1. The summed E-state index contributed by atoms with van der Waals surface area (Å²) in [7, 11) is 0. The van der Waals surface area contributed by atoms with Gasteiger partial charge in [-0.2, -0.15) is 0 Å². The van der Waals surface area contributed by atoms with Crippen molar-refractivity contribution in [3.05, 3.63) is 420 Å². The van der Waals surface area contributed by atoms with E-state index in [2.05, 4.69) is 241 Å². The molecule has 14 aromatic rings. The summed E-state index contributed by atoms with van der Waals surface area (Å²) in [6.45, 7) is 7.80. The largest absolute Gasteiger partial charge is 0.457 e. The predicted molar refractivity (Wildman–Crippen MR) is 389 cm³/mol. The van der Waals surface area contributed by atoms with Gasteiger partial charge in [0.05, 0.1) is 10.8 Å². The van der Waals surface area contributed by atoms with Crippen LogP contribution in [-0.4, -0.2) is 0 Å². The summed E-state index contributed by atoms with van der Waals surface area (Å²) >= 11 is 0. The van der Waals surface area contributed by atoms with Gasteiger partial charge in [-0.1, -0.05) is 232 Å². The van der Waals surface area contributed by atoms with Crippen molar-refractivity contribution in [3.8, 4) is 56.4 Å². The summed E-state index contributed by atoms with van der Waals surface area (Å²) in [5.41, 5.74) is 20.9. The Labute approximate surface area is 558 Å². The summed E-state index contributed by atoms with van der Waals surface area (Å²) in [4.78, 5) is 4.27. The Morgan fingerprint density at radius 2 is 0.573 bits per heavy atom. The van der Waals surface area contributed by atoms with E-state index < -0.39 is 10.8 Å². The van der Waals surface area contributed by atoms with E-state index >= 15 is 8.78 Å². The predicted octanol–water partition coefficient (Wildman–Crippen LogP) is 24.2. The molecule has 0 amide bonds. The highest BCUT2D eigenvalue weighted by molar-refractivity contribution is 5.92. The number of benzene rings is 14. The van der Waals surface area contributed by atoms with Gasteiger partial charge in [0, 0.05) is 34.1 Å². The number of halogens is 2. The summed E-state index contributed by atoms with van der Waals surface area (Å²) in [5.74, 6) is 2.25. The van der Waals surface area contributed by atoms with Crippen molar-refractivity contribution in [2.45, 2.75) is 10.8 Å². The fourth-order valence-corrected chi connectivity index (χ4v) is 14.7. The lowest BCUT2D eigenvalue weighted by Gasteiger charge is -2.35. The lowest BCUT2D eigenvalue weighted by molar-refractivity contribution is 0.482. The maximum absolute atomic E-state index is 15.6. The van der Waals surface area contributed by atoms with Crippen molar-refractivity contribution in [3.63, 3.8) is 0 Å². The Kier molecular flexibility index (Phi) is 15.0. The van der Waals surface area contributed by atoms with Crippen LogP contribution in [0.2, 0.25) is 0 Å². The first-order valence-corrected chi connectivity index (χ1v) is 32.2. The highest BCUT2D eigenvalue weighted by Gasteiger charge is 2.48. The average Bonchev–Trinajstić information content (AvgIpc) is 1.54. The molecule has 0 heterocycles. The van der Waals surface area contributed by atoms with Gasteiger partial charge in [-0.3, -0.25) is 0 Å². The van der Waals surface area contributed by atoms with E-state index in [9.17, 15) is 0 Å². The fourth-order valence-electron chi connectivity index (χ4n) is 14.7. The maximum Gasteiger partial charge on any atom is 0.127 e. The summed E-state index contributed by atoms with van der Waals surface area (Å²) in [6.07, 6.45) is 3.64. The van der Waals surface area contributed by atoms with E-state index in [1.165, 1.54) is 23.3 Å². The van der Waals surface area contributed by atoms with Crippen LogP contribution in [0, 0.1) is 11.6 Å². The molecule has 14 aromatic carbocycles. The van der Waals surface area contributed by atoms with Crippen LogP contribution in [0.1, 0.15) is 55.6 Å². The average molecular weight is 1240 g/mol. The summed E-state index contributed by atoms with van der Waals surface area (Å²) in [6, 6.07) is 115. The molecule has 2 aliphatic rings. The van der Waals surface area contributed by atoms with E-state index in [1.54, 1.807) is 24.3 Å². The minimum absolute atomic E-state index is 0.337. The lowest BCUT2D eigenvalue weighted by Crippen LogP contribution is -2.28. The molecule has 2 aliphatic carbocycles. The number of nitrogens with zero attached hydrogens (tertiary/aromatic N) is 2. The van der Waals surface area contributed by atoms with Gasteiger partial charge in [0.1, 0.15) is 34.6 Å². The molecule has 2 atom stereocenters. The smallest absolute Gasteiger partial charge is 0.127 e. The van der Waals surface area contributed by atoms with Crippen LogP contribution < -0.4 is 19.3 Å². The van der Waals surface area contributed by atoms with Crippen LogP contribution in [0.3, 0.4) is 0 Å². The number of anilines is 6. The van der Waals surface area contributed by atoms with Gasteiger partial charge in [-0.25, -0.2) is 8.78 Å². The van der Waals surface area contributed by atoms with Gasteiger partial charge in [-0.05, 0) is 222 Å². The molecule has 0 spiro atoms. The molecule has 96 heavy (non-hydrogen) atoms. The van der Waals surface area contributed by atoms with Crippen molar-refractivity contribution in [2.75, 3.05) is 9.80 Å². The minimum Gasteiger partial charge on any atom is -0.457 e. The van der Waals surface area contributed by atoms with E-state index in [0.29, 0.717) is 11.4 Å². The molecule has 16 rings (SSSR count). The number of fused-ring (bicyclic) bond motifs is 6. The molecular weight excluding hydrogens is 1180 g/mol. The quantitative estimate of drug-likeness (QED) is 0.0907. The first kappa shape index (κ1) is 58.7. The first-order valence-electron chi connectivity index (χ1n) is 32.2. The molecule has 0 saturated carbocycles. The van der Waals surface area contributed by atoms with Crippen molar-refractivity contribution in [1.29, 1.82) is 0 Å². The van der Waals surface area contributed by atoms with E-state index in [4.69, 9.17) is 9.47 Å². The Morgan fingerprint density at radius 1 is 0.260 bits per heavy atom. The van der Waals surface area contributed by atoms with Crippen molar-refractivity contribution < 1.29 is 18.3 Å². The van der Waals surface area contributed by atoms with E-state index in [-0.39, 0.29) is 11.6 Å². The van der Waals surface area contributed by atoms with Gasteiger partial charge in [0.15, 0.2) is 0 Å². The van der Waals surface area contributed by atoms with E-state index in [1.807, 2.05) is 97.1 Å². The Bertz CT molecular complexity index is 4880. The van der Waals surface area contributed by atoms with Crippen molar-refractivity contribution in [2.24, 2.45) is 0 Å². The highest BCUT2D eigenvalue weighted by atomic mass is 19.1. The zero-order chi connectivity index (χ0) is 64.7. The number of hydrogen-bond donors (Lipinski definition) is 0. The highest BCUT2D eigenvalue weighted by Crippen LogP contribution is 2.60. The Balaban J connectivity index is 0.760. The van der Waals surface area contributed by atoms with Gasteiger partial charge in [0.2, 0.25) is 0 Å². The van der Waals surface area contributed by atoms with Crippen LogP contribution in [-0.2, 0) is 10.8 Å². The zero-order valence-corrected chi connectivity index (χ0v) is 52.4. The van der Waals surface area contributed by atoms with Gasteiger partial charge in [-0.15, -0.1) is 0 Å². The molecule has 4 nitrogen and oxygen atoms in total. The van der Waals surface area contributed by atoms with Crippen LogP contribution >= 0.6 is 0 Å². The standard InChI is InChI=1S/C90H62F2N2O2/c1-3-61-29-47-77(48-30-61)95-79-51-37-67(38-52-79)89(65-17-7-5-8-18-65)85-27-13-11-25-81(85)83-55-45-75(59-87(83)89)93(73-23-15-21-69(91)57-73)71-41-33-63(34-42-71)64-35-43-72(44-36-64)94(74-24-16-22-70(92)58-74)76-46-56-84-82-26-12-14-28-86(82)90(88(84)60-76,66-19-9-6-10-20-66)68-39-53-80(54-40-68)96-78-49-31-62(4-2)32-50-78/h3-60H,1-2H2. The van der Waals surface area contributed by atoms with Crippen molar-refractivity contribution >= 4 is 46.3 Å². The molecule has 0 aliphatic heterocycles. The second-order valence-corrected chi connectivity index (χ2v) is 24.3. The molecule has 2 unspecified atom stereocenters. The molecule has 6 heteroatoms. The Morgan fingerprint density at radius 3 is 0.938 bits per heavy atom. The van der Waals surface area contributed by atoms with Crippen LogP contribution in [0.5, 0.6) is 23.0 Å². The molecule has 0 saturated heterocycles. The monoisotopic (exact) mass is 1240 g/mol. The number of ether oxygens (including phenoxy) is 2. The molecule has 0 bridgehead atoms. The zero-order valence-electron chi connectivity index (χ0n) is 52.4. The number of rotatable bonds is 17. The van der Waals surface area contributed by atoms with Crippen LogP contribution in [0.4, 0.5) is 42.9 Å². The molecular formula is C90H62F2N2O2. The molecule has 0 N–H and O–H groups in total. The second kappa shape index (κ2) is 24.6. The minimum atomic E-state index is -0.732.